The van der Waals surface area contributed by atoms with E-state index in [-0.39, 0.29) is 0 Å². The quantitative estimate of drug-likeness (QED) is 0.119. The van der Waals surface area contributed by atoms with Gasteiger partial charge in [-0.1, -0.05) is 209 Å². The Morgan fingerprint density at radius 1 is 0.224 bits per heavy atom. The maximum Gasteiger partial charge on any atom is 0.488 e. The van der Waals surface area contributed by atoms with Crippen molar-refractivity contribution >= 4 is 127 Å². The molecule has 0 fully saturated rings. The van der Waals surface area contributed by atoms with Crippen molar-refractivity contribution in [2.75, 3.05) is 14.7 Å². The molecule has 11 aromatic rings. The van der Waals surface area contributed by atoms with Gasteiger partial charge in [0.25, 0.3) is 0 Å². The van der Waals surface area contributed by atoms with Crippen molar-refractivity contribution in [1.29, 1.82) is 0 Å². The smallest absolute Gasteiger partial charge is 0.423 e. The second-order valence-electron chi connectivity index (χ2n) is 17.4. The first-order chi connectivity index (χ1) is 37.2. The Balaban J connectivity index is 0.000000187. The van der Waals surface area contributed by atoms with Gasteiger partial charge >= 0.3 is 7.12 Å². The van der Waals surface area contributed by atoms with E-state index in [1.807, 2.05) is 91.0 Å². The molecule has 0 amide bonds. The highest BCUT2D eigenvalue weighted by atomic mass is 79.9. The highest BCUT2D eigenvalue weighted by Crippen LogP contribution is 2.39. The van der Waals surface area contributed by atoms with Crippen LogP contribution < -0.4 is 20.2 Å². The van der Waals surface area contributed by atoms with E-state index in [9.17, 15) is 10.0 Å². The number of halogens is 4. The van der Waals surface area contributed by atoms with Gasteiger partial charge in [0.1, 0.15) is 0 Å². The first kappa shape index (κ1) is 53.5. The van der Waals surface area contributed by atoms with E-state index in [0.29, 0.717) is 5.46 Å². The topological polar surface area (TPSA) is 50.2 Å². The molecule has 0 bridgehead atoms. The fourth-order valence-corrected chi connectivity index (χ4v) is 11.5. The fraction of sp³-hybridized carbons (Fsp3) is 0. The molecule has 0 atom stereocenters. The lowest BCUT2D eigenvalue weighted by atomic mass is 9.80. The van der Waals surface area contributed by atoms with Gasteiger partial charge in [0, 0.05) is 69.1 Å². The zero-order valence-electron chi connectivity index (χ0n) is 41.0. The Hall–Kier alpha value is -7.28. The van der Waals surface area contributed by atoms with Crippen LogP contribution in [0.1, 0.15) is 0 Å². The fourth-order valence-electron chi connectivity index (χ4n) is 8.65. The number of anilines is 9. The number of para-hydroxylation sites is 6. The average Bonchev–Trinajstić information content (AvgIpc) is 3.46. The molecule has 0 unspecified atom stereocenters. The molecular formula is C66H50BBr4N3O2. The van der Waals surface area contributed by atoms with Gasteiger partial charge in [-0.05, 0) is 173 Å². The van der Waals surface area contributed by atoms with Crippen molar-refractivity contribution in [2.45, 2.75) is 0 Å². The molecule has 0 heterocycles. The van der Waals surface area contributed by atoms with Crippen LogP contribution in [0.2, 0.25) is 0 Å². The lowest BCUT2D eigenvalue weighted by Gasteiger charge is -2.25. The molecule has 0 aliphatic heterocycles. The predicted molar refractivity (Wildman–Crippen MR) is 335 cm³/mol. The maximum absolute atomic E-state index is 9.23. The minimum Gasteiger partial charge on any atom is -0.423 e. The molecule has 372 valence electrons. The second kappa shape index (κ2) is 26.5. The lowest BCUT2D eigenvalue weighted by molar-refractivity contribution is 0.426. The molecule has 76 heavy (non-hydrogen) atoms. The largest absolute Gasteiger partial charge is 0.488 e. The summed E-state index contributed by atoms with van der Waals surface area (Å²) < 4.78 is 4.27. The number of nitrogens with zero attached hydrogens (tertiary/aromatic N) is 3. The summed E-state index contributed by atoms with van der Waals surface area (Å²) in [5, 5.41) is 18.5. The van der Waals surface area contributed by atoms with E-state index in [0.717, 1.165) is 80.2 Å². The second-order valence-corrected chi connectivity index (χ2v) is 21.1. The van der Waals surface area contributed by atoms with E-state index >= 15 is 0 Å². The number of hydrogen-bond donors (Lipinski definition) is 2. The van der Waals surface area contributed by atoms with Gasteiger partial charge in [-0.25, -0.2) is 0 Å². The molecule has 0 aromatic heterocycles. The summed E-state index contributed by atoms with van der Waals surface area (Å²) in [7, 11) is -1.45. The number of benzene rings is 11. The summed E-state index contributed by atoms with van der Waals surface area (Å²) in [5.74, 6) is 0. The van der Waals surface area contributed by atoms with Crippen LogP contribution >= 0.6 is 63.7 Å². The van der Waals surface area contributed by atoms with Crippen molar-refractivity contribution in [3.8, 4) is 22.3 Å². The Morgan fingerprint density at radius 2 is 0.434 bits per heavy atom. The molecule has 0 aliphatic rings. The summed E-state index contributed by atoms with van der Waals surface area (Å²) in [6.07, 6.45) is 0. The van der Waals surface area contributed by atoms with Crippen molar-refractivity contribution < 1.29 is 10.0 Å². The molecular weight excluding hydrogens is 1200 g/mol. The number of rotatable bonds is 12. The van der Waals surface area contributed by atoms with Gasteiger partial charge in [-0.3, -0.25) is 0 Å². The standard InChI is InChI=1S/C42H31BrN2.C18H16BNO2.C6H3Br3/c43-36-30-34(32-21-25-41(26-22-32)44(37-13-5-1-6-14-37)38-15-7-2-8-16-38)29-35(31-36)33-23-27-42(28-24-33)45(39-17-9-3-10-18-39)40-19-11-4-12-20-40;21-19(22)15-11-13-18(14-12-15)20(16-7-3-1-4-8-16)17-9-5-2-6-10-17;7-4-1-5(8)3-6(9)2-4/h1-31H;1-14,21-22H;1-3H. The molecule has 0 saturated carbocycles. The van der Waals surface area contributed by atoms with Crippen LogP contribution in [0.5, 0.6) is 0 Å². The Bertz CT molecular complexity index is 3220. The van der Waals surface area contributed by atoms with Crippen molar-refractivity contribution in [3.05, 3.63) is 309 Å². The Morgan fingerprint density at radius 3 is 0.671 bits per heavy atom. The van der Waals surface area contributed by atoms with E-state index in [1.165, 1.54) is 11.1 Å². The van der Waals surface area contributed by atoms with Gasteiger partial charge in [-0.15, -0.1) is 0 Å². The third-order valence-corrected chi connectivity index (χ3v) is 14.0. The predicted octanol–water partition coefficient (Wildman–Crippen LogP) is 19.5. The Kier molecular flexibility index (Phi) is 18.7. The van der Waals surface area contributed by atoms with E-state index in [2.05, 4.69) is 266 Å². The Labute approximate surface area is 479 Å². The summed E-state index contributed by atoms with van der Waals surface area (Å²) >= 11 is 13.8. The normalized spacial score (nSPS) is 10.5. The minimum absolute atomic E-state index is 0.477. The third kappa shape index (κ3) is 14.1. The van der Waals surface area contributed by atoms with Gasteiger partial charge in [0.05, 0.1) is 0 Å². The van der Waals surface area contributed by atoms with Gasteiger partial charge in [0.2, 0.25) is 0 Å². The summed E-state index contributed by atoms with van der Waals surface area (Å²) in [6.45, 7) is 0. The molecule has 2 N–H and O–H groups in total. The number of hydrogen-bond acceptors (Lipinski definition) is 5. The molecule has 10 heteroatoms. The van der Waals surface area contributed by atoms with Gasteiger partial charge in [-0.2, -0.15) is 0 Å². The summed E-state index contributed by atoms with van der Waals surface area (Å²) in [4.78, 5) is 6.69. The SMILES string of the molecule is Brc1cc(-c2ccc(N(c3ccccc3)c3ccccc3)cc2)cc(-c2ccc(N(c3ccccc3)c3ccccc3)cc2)c1.Brc1cc(Br)cc(Br)c1.OB(O)c1ccc(N(c2ccccc2)c2ccccc2)cc1. The highest BCUT2D eigenvalue weighted by molar-refractivity contribution is 9.11. The van der Waals surface area contributed by atoms with Crippen molar-refractivity contribution in [2.24, 2.45) is 0 Å². The monoisotopic (exact) mass is 1240 g/mol. The van der Waals surface area contributed by atoms with E-state index in [1.54, 1.807) is 12.1 Å². The van der Waals surface area contributed by atoms with E-state index < -0.39 is 7.12 Å². The highest BCUT2D eigenvalue weighted by Gasteiger charge is 2.17. The lowest BCUT2D eigenvalue weighted by Crippen LogP contribution is -2.29. The maximum atomic E-state index is 9.23. The van der Waals surface area contributed by atoms with E-state index in [4.69, 9.17) is 0 Å². The third-order valence-electron chi connectivity index (χ3n) is 12.2. The molecule has 0 saturated heterocycles. The first-order valence-electron chi connectivity index (χ1n) is 24.5. The zero-order valence-corrected chi connectivity index (χ0v) is 47.4. The van der Waals surface area contributed by atoms with Crippen LogP contribution in [0.3, 0.4) is 0 Å². The molecule has 0 spiro atoms. The van der Waals surface area contributed by atoms with Crippen molar-refractivity contribution in [1.82, 2.24) is 0 Å². The van der Waals surface area contributed by atoms with Crippen LogP contribution in [0.25, 0.3) is 22.3 Å². The summed E-state index contributed by atoms with van der Waals surface area (Å²) in [5.41, 5.74) is 14.9. The molecule has 5 nitrogen and oxygen atoms in total. The van der Waals surface area contributed by atoms with Gasteiger partial charge in [0.15, 0.2) is 0 Å². The van der Waals surface area contributed by atoms with Crippen LogP contribution in [0.15, 0.2) is 309 Å². The van der Waals surface area contributed by atoms with Gasteiger partial charge < -0.3 is 24.7 Å². The summed E-state index contributed by atoms with van der Waals surface area (Å²) in [6, 6.07) is 99.6. The van der Waals surface area contributed by atoms with Crippen molar-refractivity contribution in [3.63, 3.8) is 0 Å². The minimum atomic E-state index is -1.45. The molecule has 0 aliphatic carbocycles. The zero-order chi connectivity index (χ0) is 52.6. The molecule has 0 radical (unpaired) electrons. The van der Waals surface area contributed by atoms with Crippen LogP contribution in [-0.4, -0.2) is 17.2 Å². The van der Waals surface area contributed by atoms with Crippen LogP contribution in [0.4, 0.5) is 51.2 Å². The molecule has 11 rings (SSSR count). The van der Waals surface area contributed by atoms with Crippen LogP contribution in [-0.2, 0) is 0 Å². The van der Waals surface area contributed by atoms with Crippen LogP contribution in [0, 0.1) is 0 Å². The first-order valence-corrected chi connectivity index (χ1v) is 27.6. The molecule has 11 aromatic carbocycles. The average molecular weight is 1250 g/mol.